The number of rotatable bonds is 4. The van der Waals surface area contributed by atoms with Crippen molar-refractivity contribution in [3.05, 3.63) is 0 Å². The number of hydrogen-bond donors (Lipinski definition) is 0. The molecule has 0 radical (unpaired) electrons. The Morgan fingerprint density at radius 3 is 2.50 bits per heavy atom. The second kappa shape index (κ2) is 5.36. The molecule has 0 aromatic heterocycles. The zero-order chi connectivity index (χ0) is 9.56. The van der Waals surface area contributed by atoms with Gasteiger partial charge in [-0.3, -0.25) is 9.59 Å². The topological polar surface area (TPSA) is 43.4 Å². The van der Waals surface area contributed by atoms with Crippen LogP contribution in [0.15, 0.2) is 0 Å². The standard InChI is InChI=1S/C9H12O3/c1-4-6-8(7(3)10)9(11)12-5-2/h1,8H,5-6H2,2-3H3/t8-/m0/s1. The van der Waals surface area contributed by atoms with Gasteiger partial charge >= 0.3 is 5.97 Å². The first-order valence-corrected chi connectivity index (χ1v) is 3.74. The van der Waals surface area contributed by atoms with E-state index in [2.05, 4.69) is 10.7 Å². The van der Waals surface area contributed by atoms with Crippen LogP contribution in [-0.2, 0) is 14.3 Å². The van der Waals surface area contributed by atoms with Crippen molar-refractivity contribution in [3.63, 3.8) is 0 Å². The van der Waals surface area contributed by atoms with Gasteiger partial charge < -0.3 is 4.74 Å². The zero-order valence-corrected chi connectivity index (χ0v) is 7.29. The van der Waals surface area contributed by atoms with Gasteiger partial charge in [-0.2, -0.15) is 0 Å². The number of carbonyl (C=O) groups is 2. The Balaban J connectivity index is 4.21. The van der Waals surface area contributed by atoms with E-state index in [0.717, 1.165) is 0 Å². The summed E-state index contributed by atoms with van der Waals surface area (Å²) in [5.74, 6) is 0.715. The molecule has 0 spiro atoms. The SMILES string of the molecule is C#CC[C@@H](C(C)=O)C(=O)OCC. The van der Waals surface area contributed by atoms with Crippen molar-refractivity contribution in [1.29, 1.82) is 0 Å². The van der Waals surface area contributed by atoms with Crippen LogP contribution in [0.3, 0.4) is 0 Å². The Hall–Kier alpha value is -1.30. The summed E-state index contributed by atoms with van der Waals surface area (Å²) in [7, 11) is 0. The van der Waals surface area contributed by atoms with Gasteiger partial charge in [0, 0.05) is 6.42 Å². The van der Waals surface area contributed by atoms with Crippen molar-refractivity contribution in [2.24, 2.45) is 5.92 Å². The number of ether oxygens (including phenoxy) is 1. The minimum absolute atomic E-state index is 0.119. The van der Waals surface area contributed by atoms with Gasteiger partial charge in [-0.15, -0.1) is 12.3 Å². The highest BCUT2D eigenvalue weighted by atomic mass is 16.5. The van der Waals surface area contributed by atoms with Crippen LogP contribution in [0, 0.1) is 18.3 Å². The predicted molar refractivity (Wildman–Crippen MR) is 44.3 cm³/mol. The summed E-state index contributed by atoms with van der Waals surface area (Å²) in [6, 6.07) is 0. The monoisotopic (exact) mass is 168 g/mol. The minimum atomic E-state index is -0.782. The van der Waals surface area contributed by atoms with Crippen LogP contribution in [0.25, 0.3) is 0 Å². The molecule has 0 aromatic carbocycles. The van der Waals surface area contributed by atoms with Crippen molar-refractivity contribution in [2.75, 3.05) is 6.61 Å². The molecule has 3 nitrogen and oxygen atoms in total. The largest absolute Gasteiger partial charge is 0.465 e. The normalized spacial score (nSPS) is 11.4. The molecule has 0 saturated heterocycles. The lowest BCUT2D eigenvalue weighted by atomic mass is 10.0. The van der Waals surface area contributed by atoms with Crippen molar-refractivity contribution in [1.82, 2.24) is 0 Å². The van der Waals surface area contributed by atoms with Crippen LogP contribution >= 0.6 is 0 Å². The van der Waals surface area contributed by atoms with Gasteiger partial charge in [0.15, 0.2) is 0 Å². The highest BCUT2D eigenvalue weighted by molar-refractivity contribution is 5.97. The van der Waals surface area contributed by atoms with E-state index in [-0.39, 0.29) is 18.8 Å². The van der Waals surface area contributed by atoms with Crippen LogP contribution in [0.1, 0.15) is 20.3 Å². The molecule has 0 aromatic rings. The van der Waals surface area contributed by atoms with E-state index in [9.17, 15) is 9.59 Å². The number of esters is 1. The maximum atomic E-state index is 11.0. The molecule has 0 heterocycles. The molecule has 66 valence electrons. The molecule has 0 bridgehead atoms. The van der Waals surface area contributed by atoms with E-state index in [1.54, 1.807) is 6.92 Å². The first-order chi connectivity index (χ1) is 5.63. The predicted octanol–water partition coefficient (Wildman–Crippen LogP) is 0.778. The molecule has 3 heteroatoms. The first kappa shape index (κ1) is 10.7. The van der Waals surface area contributed by atoms with Gasteiger partial charge in [0.05, 0.1) is 6.61 Å². The van der Waals surface area contributed by atoms with Gasteiger partial charge in [-0.05, 0) is 13.8 Å². The third-order valence-electron chi connectivity index (χ3n) is 1.38. The van der Waals surface area contributed by atoms with Gasteiger partial charge in [0.2, 0.25) is 0 Å². The van der Waals surface area contributed by atoms with E-state index in [1.165, 1.54) is 6.92 Å². The molecular formula is C9H12O3. The minimum Gasteiger partial charge on any atom is -0.465 e. The third-order valence-corrected chi connectivity index (χ3v) is 1.38. The molecule has 0 rings (SSSR count). The number of ketones is 1. The Labute approximate surface area is 72.1 Å². The fourth-order valence-electron chi connectivity index (χ4n) is 0.754. The molecule has 0 aliphatic heterocycles. The highest BCUT2D eigenvalue weighted by Gasteiger charge is 2.23. The highest BCUT2D eigenvalue weighted by Crippen LogP contribution is 2.06. The fourth-order valence-corrected chi connectivity index (χ4v) is 0.754. The smallest absolute Gasteiger partial charge is 0.317 e. The van der Waals surface area contributed by atoms with E-state index in [4.69, 9.17) is 6.42 Å². The van der Waals surface area contributed by atoms with Crippen LogP contribution in [0.5, 0.6) is 0 Å². The molecule has 0 saturated carbocycles. The average molecular weight is 168 g/mol. The van der Waals surface area contributed by atoms with Crippen LogP contribution < -0.4 is 0 Å². The van der Waals surface area contributed by atoms with Crippen molar-refractivity contribution in [3.8, 4) is 12.3 Å². The molecule has 12 heavy (non-hydrogen) atoms. The molecule has 0 fully saturated rings. The quantitative estimate of drug-likeness (QED) is 0.354. The molecule has 0 aliphatic rings. The lowest BCUT2D eigenvalue weighted by Gasteiger charge is -2.08. The Kier molecular flexibility index (Phi) is 4.78. The molecular weight excluding hydrogens is 156 g/mol. The molecule has 0 N–H and O–H groups in total. The van der Waals surface area contributed by atoms with E-state index in [0.29, 0.717) is 0 Å². The van der Waals surface area contributed by atoms with Gasteiger partial charge in [-0.1, -0.05) is 0 Å². The lowest BCUT2D eigenvalue weighted by molar-refractivity contribution is -0.150. The number of terminal acetylenes is 1. The second-order valence-electron chi connectivity index (χ2n) is 2.32. The lowest BCUT2D eigenvalue weighted by Crippen LogP contribution is -2.23. The summed E-state index contributed by atoms with van der Waals surface area (Å²) in [6.45, 7) is 3.29. The number of Topliss-reactive ketones (excluding diaryl/α,β-unsaturated/α-hetero) is 1. The van der Waals surface area contributed by atoms with Crippen LogP contribution in [0.2, 0.25) is 0 Å². The summed E-state index contributed by atoms with van der Waals surface area (Å²) in [5, 5.41) is 0. The molecule has 0 amide bonds. The van der Waals surface area contributed by atoms with Gasteiger partial charge in [0.1, 0.15) is 11.7 Å². The van der Waals surface area contributed by atoms with E-state index >= 15 is 0 Å². The zero-order valence-electron chi connectivity index (χ0n) is 7.29. The molecule has 1 atom stereocenters. The average Bonchev–Trinajstić information content (AvgIpc) is 1.99. The fraction of sp³-hybridized carbons (Fsp3) is 0.556. The summed E-state index contributed by atoms with van der Waals surface area (Å²) in [6.07, 6.45) is 5.11. The third kappa shape index (κ3) is 3.20. The van der Waals surface area contributed by atoms with E-state index < -0.39 is 11.9 Å². The summed E-state index contributed by atoms with van der Waals surface area (Å²) in [4.78, 5) is 21.9. The van der Waals surface area contributed by atoms with Crippen molar-refractivity contribution >= 4 is 11.8 Å². The summed E-state index contributed by atoms with van der Waals surface area (Å²) < 4.78 is 4.66. The van der Waals surface area contributed by atoms with Gasteiger partial charge in [0.25, 0.3) is 0 Å². The molecule has 0 aliphatic carbocycles. The summed E-state index contributed by atoms with van der Waals surface area (Å²) in [5.41, 5.74) is 0. The van der Waals surface area contributed by atoms with E-state index in [1.807, 2.05) is 0 Å². The molecule has 0 unspecified atom stereocenters. The first-order valence-electron chi connectivity index (χ1n) is 3.74. The Morgan fingerprint density at radius 1 is 1.58 bits per heavy atom. The Bertz CT molecular complexity index is 212. The van der Waals surface area contributed by atoms with Crippen LogP contribution in [-0.4, -0.2) is 18.4 Å². The number of hydrogen-bond acceptors (Lipinski definition) is 3. The number of carbonyl (C=O) groups excluding carboxylic acids is 2. The second-order valence-corrected chi connectivity index (χ2v) is 2.32. The van der Waals surface area contributed by atoms with Crippen LogP contribution in [0.4, 0.5) is 0 Å². The summed E-state index contributed by atoms with van der Waals surface area (Å²) >= 11 is 0. The van der Waals surface area contributed by atoms with Crippen molar-refractivity contribution in [2.45, 2.75) is 20.3 Å². The maximum Gasteiger partial charge on any atom is 0.317 e. The maximum absolute atomic E-state index is 11.0. The Morgan fingerprint density at radius 2 is 2.17 bits per heavy atom. The van der Waals surface area contributed by atoms with Gasteiger partial charge in [-0.25, -0.2) is 0 Å². The van der Waals surface area contributed by atoms with Crippen molar-refractivity contribution < 1.29 is 14.3 Å².